The van der Waals surface area contributed by atoms with Crippen molar-refractivity contribution in [2.24, 2.45) is 0 Å². The summed E-state index contributed by atoms with van der Waals surface area (Å²) in [5, 5.41) is 1.88. The Labute approximate surface area is 165 Å². The quantitative estimate of drug-likeness (QED) is 0.689. The van der Waals surface area contributed by atoms with E-state index in [1.54, 1.807) is 0 Å². The normalized spacial score (nSPS) is 15.3. The zero-order valence-electron chi connectivity index (χ0n) is 15.8. The Morgan fingerprint density at radius 1 is 0.926 bits per heavy atom. The predicted molar refractivity (Wildman–Crippen MR) is 113 cm³/mol. The fraction of sp³-hybridized carbons (Fsp3) is 0.333. The van der Waals surface area contributed by atoms with E-state index in [4.69, 9.17) is 21.6 Å². The van der Waals surface area contributed by atoms with Crippen LogP contribution >= 0.6 is 11.6 Å². The largest absolute Gasteiger partial charge is 0.362 e. The van der Waals surface area contributed by atoms with Gasteiger partial charge in [-0.15, -0.1) is 0 Å². The first-order chi connectivity index (χ1) is 13.1. The van der Waals surface area contributed by atoms with Crippen molar-refractivity contribution < 1.29 is 0 Å². The van der Waals surface area contributed by atoms with Crippen LogP contribution in [0.25, 0.3) is 10.9 Å². The van der Waals surface area contributed by atoms with Gasteiger partial charge in [0.2, 0.25) is 5.95 Å². The smallest absolute Gasteiger partial charge is 0.227 e. The maximum Gasteiger partial charge on any atom is 0.227 e. The summed E-state index contributed by atoms with van der Waals surface area (Å²) in [6, 6.07) is 16.3. The highest BCUT2D eigenvalue weighted by molar-refractivity contribution is 6.30. The molecule has 0 bridgehead atoms. The highest BCUT2D eigenvalue weighted by atomic mass is 35.5. The molecule has 5 nitrogen and oxygen atoms in total. The van der Waals surface area contributed by atoms with Crippen LogP contribution in [0.2, 0.25) is 5.02 Å². The van der Waals surface area contributed by atoms with Crippen LogP contribution in [0.4, 0.5) is 11.8 Å². The monoisotopic (exact) mass is 381 g/mol. The molecule has 1 aliphatic heterocycles. The molecule has 2 heterocycles. The van der Waals surface area contributed by atoms with Gasteiger partial charge in [0.15, 0.2) is 0 Å². The molecule has 0 unspecified atom stereocenters. The number of hydrogen-bond acceptors (Lipinski definition) is 5. The van der Waals surface area contributed by atoms with E-state index in [0.717, 1.165) is 60.4 Å². The van der Waals surface area contributed by atoms with E-state index in [0.29, 0.717) is 0 Å². The molecule has 0 aliphatic carbocycles. The second-order valence-electron chi connectivity index (χ2n) is 7.15. The van der Waals surface area contributed by atoms with Gasteiger partial charge in [0.25, 0.3) is 0 Å². The summed E-state index contributed by atoms with van der Waals surface area (Å²) in [6.07, 6.45) is 0. The number of halogens is 1. The first-order valence-electron chi connectivity index (χ1n) is 9.26. The summed E-state index contributed by atoms with van der Waals surface area (Å²) in [4.78, 5) is 16.5. The molecule has 6 heteroatoms. The first kappa shape index (κ1) is 18.0. The Hall–Kier alpha value is -2.37. The number of para-hydroxylation sites is 1. The molecule has 1 fully saturated rings. The second-order valence-corrected chi connectivity index (χ2v) is 7.58. The molecule has 27 heavy (non-hydrogen) atoms. The van der Waals surface area contributed by atoms with E-state index in [-0.39, 0.29) is 0 Å². The Morgan fingerprint density at radius 2 is 1.63 bits per heavy atom. The van der Waals surface area contributed by atoms with Gasteiger partial charge in [-0.1, -0.05) is 35.9 Å². The predicted octanol–water partition coefficient (Wildman–Crippen LogP) is 3.67. The van der Waals surface area contributed by atoms with Crippen molar-refractivity contribution >= 4 is 34.3 Å². The molecule has 140 valence electrons. The van der Waals surface area contributed by atoms with Crippen LogP contribution < -0.4 is 9.80 Å². The van der Waals surface area contributed by atoms with Gasteiger partial charge in [-0.05, 0) is 29.8 Å². The van der Waals surface area contributed by atoms with Gasteiger partial charge in [0.1, 0.15) is 5.82 Å². The van der Waals surface area contributed by atoms with Crippen molar-refractivity contribution in [3.05, 3.63) is 59.1 Å². The van der Waals surface area contributed by atoms with E-state index in [1.165, 1.54) is 5.56 Å². The number of hydrogen-bond donors (Lipinski definition) is 0. The number of fused-ring (bicyclic) bond motifs is 1. The third kappa shape index (κ3) is 3.99. The van der Waals surface area contributed by atoms with E-state index in [2.05, 4.69) is 39.0 Å². The average molecular weight is 382 g/mol. The SMILES string of the molecule is CN(C)c1nc(N2CCN(Cc3ccc(Cl)cc3)CC2)nc2ccccc12. The van der Waals surface area contributed by atoms with Gasteiger partial charge in [-0.3, -0.25) is 4.90 Å². The fourth-order valence-corrected chi connectivity index (χ4v) is 3.61. The van der Waals surface area contributed by atoms with E-state index in [9.17, 15) is 0 Å². The minimum absolute atomic E-state index is 0.786. The number of aromatic nitrogens is 2. The van der Waals surface area contributed by atoms with Crippen LogP contribution in [0.3, 0.4) is 0 Å². The second kappa shape index (κ2) is 7.71. The molecule has 1 aliphatic rings. The molecule has 0 radical (unpaired) electrons. The molecule has 1 aromatic heterocycles. The van der Waals surface area contributed by atoms with Crippen molar-refractivity contribution in [2.75, 3.05) is 50.1 Å². The summed E-state index contributed by atoms with van der Waals surface area (Å²) in [5.74, 6) is 1.79. The van der Waals surface area contributed by atoms with Gasteiger partial charge in [-0.2, -0.15) is 4.98 Å². The van der Waals surface area contributed by atoms with Crippen molar-refractivity contribution in [1.29, 1.82) is 0 Å². The Kier molecular flexibility index (Phi) is 5.14. The summed E-state index contributed by atoms with van der Waals surface area (Å²) in [6.45, 7) is 4.80. The molecule has 1 saturated heterocycles. The maximum absolute atomic E-state index is 5.98. The van der Waals surface area contributed by atoms with Crippen molar-refractivity contribution in [2.45, 2.75) is 6.54 Å². The van der Waals surface area contributed by atoms with E-state index >= 15 is 0 Å². The van der Waals surface area contributed by atoms with Gasteiger partial charge >= 0.3 is 0 Å². The number of anilines is 2. The van der Waals surface area contributed by atoms with E-state index < -0.39 is 0 Å². The van der Waals surface area contributed by atoms with Crippen molar-refractivity contribution in [3.8, 4) is 0 Å². The molecule has 0 atom stereocenters. The minimum Gasteiger partial charge on any atom is -0.362 e. The van der Waals surface area contributed by atoms with Crippen LogP contribution in [0.5, 0.6) is 0 Å². The third-order valence-corrected chi connectivity index (χ3v) is 5.22. The number of nitrogens with zero attached hydrogens (tertiary/aromatic N) is 5. The van der Waals surface area contributed by atoms with Gasteiger partial charge < -0.3 is 9.80 Å². The average Bonchev–Trinajstić information content (AvgIpc) is 2.69. The zero-order valence-corrected chi connectivity index (χ0v) is 16.5. The lowest BCUT2D eigenvalue weighted by Gasteiger charge is -2.35. The standard InChI is InChI=1S/C21H24ClN5/c1-25(2)20-18-5-3-4-6-19(18)23-21(24-20)27-13-11-26(12-14-27)15-16-7-9-17(22)10-8-16/h3-10H,11-15H2,1-2H3. The highest BCUT2D eigenvalue weighted by Gasteiger charge is 2.21. The van der Waals surface area contributed by atoms with Crippen molar-refractivity contribution in [3.63, 3.8) is 0 Å². The highest BCUT2D eigenvalue weighted by Crippen LogP contribution is 2.25. The summed E-state index contributed by atoms with van der Waals surface area (Å²) in [5.41, 5.74) is 2.29. The summed E-state index contributed by atoms with van der Waals surface area (Å²) >= 11 is 5.98. The number of benzene rings is 2. The maximum atomic E-state index is 5.98. The van der Waals surface area contributed by atoms with Crippen molar-refractivity contribution in [1.82, 2.24) is 14.9 Å². The molecular weight excluding hydrogens is 358 g/mol. The van der Waals surface area contributed by atoms with Crippen LogP contribution in [0, 0.1) is 0 Å². The molecule has 3 aromatic rings. The Bertz CT molecular complexity index is 918. The summed E-state index contributed by atoms with van der Waals surface area (Å²) < 4.78 is 0. The minimum atomic E-state index is 0.786. The molecule has 0 saturated carbocycles. The Balaban J connectivity index is 1.48. The molecular formula is C21H24ClN5. The molecule has 2 aromatic carbocycles. The fourth-order valence-electron chi connectivity index (χ4n) is 3.48. The first-order valence-corrected chi connectivity index (χ1v) is 9.64. The summed E-state index contributed by atoms with van der Waals surface area (Å²) in [7, 11) is 4.06. The van der Waals surface area contributed by atoms with Crippen LogP contribution in [-0.4, -0.2) is 55.1 Å². The number of piperazine rings is 1. The molecule has 0 N–H and O–H groups in total. The van der Waals surface area contributed by atoms with E-state index in [1.807, 2.05) is 38.4 Å². The zero-order chi connectivity index (χ0) is 18.8. The number of rotatable bonds is 4. The molecule has 0 spiro atoms. The van der Waals surface area contributed by atoms with Crippen LogP contribution in [-0.2, 0) is 6.54 Å². The molecule has 0 amide bonds. The van der Waals surface area contributed by atoms with Crippen LogP contribution in [0.15, 0.2) is 48.5 Å². The third-order valence-electron chi connectivity index (χ3n) is 4.97. The van der Waals surface area contributed by atoms with Gasteiger partial charge in [0, 0.05) is 57.2 Å². The topological polar surface area (TPSA) is 35.5 Å². The van der Waals surface area contributed by atoms with Crippen LogP contribution in [0.1, 0.15) is 5.56 Å². The lowest BCUT2D eigenvalue weighted by Crippen LogP contribution is -2.46. The Morgan fingerprint density at radius 3 is 2.33 bits per heavy atom. The lowest BCUT2D eigenvalue weighted by molar-refractivity contribution is 0.249. The van der Waals surface area contributed by atoms with Gasteiger partial charge in [-0.25, -0.2) is 4.98 Å². The molecule has 4 rings (SSSR count). The lowest BCUT2D eigenvalue weighted by atomic mass is 10.2. The van der Waals surface area contributed by atoms with Gasteiger partial charge in [0.05, 0.1) is 5.52 Å².